The Morgan fingerprint density at radius 3 is 2.89 bits per heavy atom. The first kappa shape index (κ1) is 13.6. The molecule has 1 aromatic rings. The van der Waals surface area contributed by atoms with Crippen LogP contribution in [0.5, 0.6) is 0 Å². The summed E-state index contributed by atoms with van der Waals surface area (Å²) in [5.74, 6) is 0. The van der Waals surface area contributed by atoms with Crippen molar-refractivity contribution in [2.24, 2.45) is 0 Å². The average molecular weight is 278 g/mol. The zero-order valence-electron chi connectivity index (χ0n) is 12.2. The maximum Gasteiger partial charge on any atom is 0.0386 e. The molecule has 0 spiro atoms. The van der Waals surface area contributed by atoms with Crippen molar-refractivity contribution in [1.29, 1.82) is 0 Å². The van der Waals surface area contributed by atoms with Gasteiger partial charge in [0.15, 0.2) is 0 Å². The molecule has 0 amide bonds. The Morgan fingerprint density at radius 2 is 2.16 bits per heavy atom. The highest BCUT2D eigenvalue weighted by Gasteiger charge is 2.25. The molecule has 2 nitrogen and oxygen atoms in total. The van der Waals surface area contributed by atoms with Crippen LogP contribution in [-0.2, 0) is 12.8 Å². The highest BCUT2D eigenvalue weighted by Crippen LogP contribution is 2.32. The van der Waals surface area contributed by atoms with Gasteiger partial charge in [-0.2, -0.15) is 0 Å². The summed E-state index contributed by atoms with van der Waals surface area (Å²) in [5.41, 5.74) is 1.63. The van der Waals surface area contributed by atoms with Gasteiger partial charge in [0.2, 0.25) is 0 Å². The smallest absolute Gasteiger partial charge is 0.0386 e. The zero-order chi connectivity index (χ0) is 13.2. The SMILES string of the molecule is CC(NCCN(C)C1CC1)c1cc2c(s1)CCCC2. The molecule has 1 fully saturated rings. The van der Waals surface area contributed by atoms with Gasteiger partial charge in [-0.15, -0.1) is 11.3 Å². The molecule has 1 N–H and O–H groups in total. The van der Waals surface area contributed by atoms with E-state index in [9.17, 15) is 0 Å². The van der Waals surface area contributed by atoms with E-state index in [0.29, 0.717) is 6.04 Å². The van der Waals surface area contributed by atoms with Gasteiger partial charge in [-0.25, -0.2) is 0 Å². The minimum Gasteiger partial charge on any atom is -0.308 e. The van der Waals surface area contributed by atoms with Crippen LogP contribution in [0, 0.1) is 0 Å². The molecule has 19 heavy (non-hydrogen) atoms. The van der Waals surface area contributed by atoms with E-state index in [2.05, 4.69) is 30.3 Å². The number of nitrogens with zero attached hydrogens (tertiary/aromatic N) is 1. The molecule has 2 aliphatic carbocycles. The van der Waals surface area contributed by atoms with Gasteiger partial charge < -0.3 is 10.2 Å². The molecule has 3 heteroatoms. The lowest BCUT2D eigenvalue weighted by atomic mass is 9.99. The van der Waals surface area contributed by atoms with Gasteiger partial charge in [0, 0.05) is 34.9 Å². The van der Waals surface area contributed by atoms with Crippen molar-refractivity contribution < 1.29 is 0 Å². The fraction of sp³-hybridized carbons (Fsp3) is 0.750. The third-order valence-corrected chi connectivity index (χ3v) is 5.95. The molecule has 1 aromatic heterocycles. The molecule has 0 saturated heterocycles. The number of aryl methyl sites for hydroxylation is 2. The maximum atomic E-state index is 3.69. The fourth-order valence-electron chi connectivity index (χ4n) is 2.98. The predicted molar refractivity (Wildman–Crippen MR) is 83.0 cm³/mol. The minimum atomic E-state index is 0.517. The normalized spacial score (nSPS) is 20.6. The number of likely N-dealkylation sites (N-methyl/N-ethyl adjacent to an activating group) is 1. The third-order valence-electron chi connectivity index (χ3n) is 4.53. The van der Waals surface area contributed by atoms with E-state index in [4.69, 9.17) is 0 Å². The highest BCUT2D eigenvalue weighted by molar-refractivity contribution is 7.12. The molecule has 0 radical (unpaired) electrons. The molecular formula is C16H26N2S. The summed E-state index contributed by atoms with van der Waals surface area (Å²) in [7, 11) is 2.26. The topological polar surface area (TPSA) is 15.3 Å². The van der Waals surface area contributed by atoms with Crippen LogP contribution in [-0.4, -0.2) is 31.1 Å². The molecule has 2 aliphatic rings. The van der Waals surface area contributed by atoms with Crippen molar-refractivity contribution >= 4 is 11.3 Å². The van der Waals surface area contributed by atoms with Gasteiger partial charge in [0.05, 0.1) is 0 Å². The molecular weight excluding hydrogens is 252 g/mol. The number of hydrogen-bond donors (Lipinski definition) is 1. The Hall–Kier alpha value is -0.380. The Balaban J connectivity index is 1.49. The lowest BCUT2D eigenvalue weighted by Gasteiger charge is -2.18. The van der Waals surface area contributed by atoms with E-state index >= 15 is 0 Å². The summed E-state index contributed by atoms with van der Waals surface area (Å²) in [4.78, 5) is 5.70. The van der Waals surface area contributed by atoms with E-state index in [0.717, 1.165) is 12.6 Å². The molecule has 1 unspecified atom stereocenters. The number of rotatable bonds is 6. The van der Waals surface area contributed by atoms with Crippen molar-refractivity contribution in [1.82, 2.24) is 10.2 Å². The van der Waals surface area contributed by atoms with E-state index < -0.39 is 0 Å². The van der Waals surface area contributed by atoms with Crippen LogP contribution in [0.15, 0.2) is 6.07 Å². The van der Waals surface area contributed by atoms with Gasteiger partial charge in [0.25, 0.3) is 0 Å². The van der Waals surface area contributed by atoms with Gasteiger partial charge in [-0.1, -0.05) is 0 Å². The largest absolute Gasteiger partial charge is 0.308 e. The number of thiophene rings is 1. The van der Waals surface area contributed by atoms with Crippen LogP contribution >= 0.6 is 11.3 Å². The molecule has 0 aliphatic heterocycles. The van der Waals surface area contributed by atoms with E-state index in [-0.39, 0.29) is 0 Å². The molecule has 0 bridgehead atoms. The second kappa shape index (κ2) is 5.94. The van der Waals surface area contributed by atoms with Crippen molar-refractivity contribution in [3.05, 3.63) is 21.4 Å². The average Bonchev–Trinajstić information content (AvgIpc) is 3.17. The van der Waals surface area contributed by atoms with E-state index in [1.165, 1.54) is 45.1 Å². The zero-order valence-corrected chi connectivity index (χ0v) is 13.1. The van der Waals surface area contributed by atoms with Crippen LogP contribution in [0.4, 0.5) is 0 Å². The van der Waals surface area contributed by atoms with Crippen LogP contribution < -0.4 is 5.32 Å². The number of hydrogen-bond acceptors (Lipinski definition) is 3. The van der Waals surface area contributed by atoms with Crippen molar-refractivity contribution in [2.75, 3.05) is 20.1 Å². The van der Waals surface area contributed by atoms with Crippen LogP contribution in [0.3, 0.4) is 0 Å². The van der Waals surface area contributed by atoms with E-state index in [1.54, 1.807) is 15.3 Å². The summed E-state index contributed by atoms with van der Waals surface area (Å²) in [6, 6.07) is 3.86. The summed E-state index contributed by atoms with van der Waals surface area (Å²) in [5, 5.41) is 3.69. The van der Waals surface area contributed by atoms with Crippen LogP contribution in [0.2, 0.25) is 0 Å². The van der Waals surface area contributed by atoms with E-state index in [1.807, 2.05) is 11.3 Å². The Morgan fingerprint density at radius 1 is 1.37 bits per heavy atom. The first-order valence-electron chi connectivity index (χ1n) is 7.79. The van der Waals surface area contributed by atoms with Gasteiger partial charge in [-0.3, -0.25) is 0 Å². The molecule has 1 heterocycles. The second-order valence-corrected chi connectivity index (χ2v) is 7.36. The lowest BCUT2D eigenvalue weighted by Crippen LogP contribution is -2.31. The number of fused-ring (bicyclic) bond motifs is 1. The minimum absolute atomic E-state index is 0.517. The molecule has 1 saturated carbocycles. The van der Waals surface area contributed by atoms with Crippen LogP contribution in [0.1, 0.15) is 54.0 Å². The monoisotopic (exact) mass is 278 g/mol. The highest BCUT2D eigenvalue weighted by atomic mass is 32.1. The van der Waals surface area contributed by atoms with Gasteiger partial charge in [-0.05, 0) is 64.1 Å². The van der Waals surface area contributed by atoms with Gasteiger partial charge in [0.1, 0.15) is 0 Å². The summed E-state index contributed by atoms with van der Waals surface area (Å²) >= 11 is 2.04. The van der Waals surface area contributed by atoms with Crippen molar-refractivity contribution in [3.8, 4) is 0 Å². The summed E-state index contributed by atoms with van der Waals surface area (Å²) in [6.07, 6.45) is 8.21. The fourth-order valence-corrected chi connectivity index (χ4v) is 4.27. The Bertz CT molecular complexity index is 399. The first-order valence-corrected chi connectivity index (χ1v) is 8.61. The Labute approximate surface area is 121 Å². The molecule has 106 valence electrons. The van der Waals surface area contributed by atoms with Crippen molar-refractivity contribution in [2.45, 2.75) is 57.5 Å². The predicted octanol–water partition coefficient (Wildman–Crippen LogP) is 3.37. The maximum absolute atomic E-state index is 3.69. The third kappa shape index (κ3) is 3.39. The summed E-state index contributed by atoms with van der Waals surface area (Å²) < 4.78 is 0. The summed E-state index contributed by atoms with van der Waals surface area (Å²) in [6.45, 7) is 4.60. The quantitative estimate of drug-likeness (QED) is 0.858. The first-order chi connectivity index (χ1) is 9.24. The molecule has 0 aromatic carbocycles. The molecule has 1 atom stereocenters. The Kier molecular flexibility index (Phi) is 4.25. The standard InChI is InChI=1S/C16H26N2S/c1-12(17-9-10-18(2)14-7-8-14)16-11-13-5-3-4-6-15(13)19-16/h11-12,14,17H,3-10H2,1-2H3. The second-order valence-electron chi connectivity index (χ2n) is 6.19. The lowest BCUT2D eigenvalue weighted by molar-refractivity contribution is 0.317. The van der Waals surface area contributed by atoms with Gasteiger partial charge >= 0.3 is 0 Å². The number of nitrogens with one attached hydrogen (secondary N) is 1. The van der Waals surface area contributed by atoms with Crippen molar-refractivity contribution in [3.63, 3.8) is 0 Å². The van der Waals surface area contributed by atoms with Crippen LogP contribution in [0.25, 0.3) is 0 Å². The molecule has 3 rings (SSSR count).